The van der Waals surface area contributed by atoms with Gasteiger partial charge in [-0.25, -0.2) is 0 Å². The Balaban J connectivity index is 1.50. The highest BCUT2D eigenvalue weighted by Crippen LogP contribution is 2.28. The molecule has 0 aliphatic heterocycles. The van der Waals surface area contributed by atoms with Crippen molar-refractivity contribution in [3.8, 4) is 11.5 Å². The van der Waals surface area contributed by atoms with Gasteiger partial charge in [0.15, 0.2) is 11.5 Å². The van der Waals surface area contributed by atoms with Crippen LogP contribution in [0.25, 0.3) is 0 Å². The van der Waals surface area contributed by atoms with Crippen LogP contribution in [0.5, 0.6) is 11.5 Å². The number of amides is 1. The molecule has 0 saturated heterocycles. The molecule has 0 spiro atoms. The minimum atomic E-state index is -0.200. The molecule has 3 aromatic carbocycles. The van der Waals surface area contributed by atoms with Crippen LogP contribution in [0.15, 0.2) is 72.8 Å². The van der Waals surface area contributed by atoms with Crippen LogP contribution in [0.2, 0.25) is 0 Å². The zero-order valence-electron chi connectivity index (χ0n) is 16.8. The van der Waals surface area contributed by atoms with Crippen molar-refractivity contribution in [2.45, 2.75) is 12.8 Å². The minimum Gasteiger partial charge on any atom is -0.493 e. The lowest BCUT2D eigenvalue weighted by Crippen LogP contribution is -2.12. The average Bonchev–Trinajstić information content (AvgIpc) is 2.78. The average molecular weight is 390 g/mol. The number of ether oxygens (including phenoxy) is 2. The second-order valence-corrected chi connectivity index (χ2v) is 6.62. The lowest BCUT2D eigenvalue weighted by atomic mass is 10.1. The van der Waals surface area contributed by atoms with Gasteiger partial charge in [0.1, 0.15) is 0 Å². The number of anilines is 2. The fourth-order valence-corrected chi connectivity index (χ4v) is 3.02. The van der Waals surface area contributed by atoms with E-state index in [1.165, 1.54) is 5.56 Å². The van der Waals surface area contributed by atoms with Gasteiger partial charge in [-0.05, 0) is 60.9 Å². The molecule has 0 atom stereocenters. The molecule has 0 aliphatic carbocycles. The fraction of sp³-hybridized carbons (Fsp3) is 0.208. The van der Waals surface area contributed by atoms with Crippen LogP contribution in [0.3, 0.4) is 0 Å². The second kappa shape index (κ2) is 10.2. The quantitative estimate of drug-likeness (QED) is 0.505. The van der Waals surface area contributed by atoms with Gasteiger partial charge in [-0.3, -0.25) is 4.79 Å². The third kappa shape index (κ3) is 5.75. The molecule has 3 aromatic rings. The third-order valence-electron chi connectivity index (χ3n) is 4.60. The Morgan fingerprint density at radius 3 is 2.21 bits per heavy atom. The number of rotatable bonds is 9. The van der Waals surface area contributed by atoms with Crippen molar-refractivity contribution >= 4 is 17.3 Å². The molecule has 3 rings (SSSR count). The number of hydrogen-bond acceptors (Lipinski definition) is 4. The predicted octanol–water partition coefficient (Wildman–Crippen LogP) is 5.00. The van der Waals surface area contributed by atoms with E-state index in [0.717, 1.165) is 30.8 Å². The summed E-state index contributed by atoms with van der Waals surface area (Å²) in [4.78, 5) is 12.5. The van der Waals surface area contributed by atoms with Gasteiger partial charge in [0.05, 0.1) is 14.2 Å². The summed E-state index contributed by atoms with van der Waals surface area (Å²) < 4.78 is 10.5. The molecule has 0 saturated carbocycles. The van der Waals surface area contributed by atoms with Gasteiger partial charge in [0.25, 0.3) is 5.91 Å². The van der Waals surface area contributed by atoms with Gasteiger partial charge in [-0.2, -0.15) is 0 Å². The Labute approximate surface area is 171 Å². The van der Waals surface area contributed by atoms with Gasteiger partial charge in [0.2, 0.25) is 0 Å². The first-order valence-electron chi connectivity index (χ1n) is 9.61. The van der Waals surface area contributed by atoms with Crippen LogP contribution < -0.4 is 20.1 Å². The van der Waals surface area contributed by atoms with Gasteiger partial charge < -0.3 is 20.1 Å². The Kier molecular flexibility index (Phi) is 7.11. The molecule has 0 aromatic heterocycles. The Hall–Kier alpha value is -3.47. The number of benzene rings is 3. The number of hydrogen-bond donors (Lipinski definition) is 2. The number of carbonyl (C=O) groups is 1. The highest BCUT2D eigenvalue weighted by Gasteiger charge is 2.11. The SMILES string of the molecule is COc1ccc(C(=O)Nc2ccc(NCCCc3ccccc3)cc2)cc1OC. The zero-order chi connectivity index (χ0) is 20.5. The molecule has 2 N–H and O–H groups in total. The summed E-state index contributed by atoms with van der Waals surface area (Å²) in [6.07, 6.45) is 2.11. The Morgan fingerprint density at radius 1 is 0.828 bits per heavy atom. The molecule has 1 amide bonds. The zero-order valence-corrected chi connectivity index (χ0v) is 16.8. The van der Waals surface area contributed by atoms with E-state index >= 15 is 0 Å². The molecule has 5 heteroatoms. The normalized spacial score (nSPS) is 10.3. The van der Waals surface area contributed by atoms with Crippen LogP contribution in [0, 0.1) is 0 Å². The number of carbonyl (C=O) groups excluding carboxylic acids is 1. The molecule has 0 bridgehead atoms. The molecule has 150 valence electrons. The van der Waals surface area contributed by atoms with Crippen molar-refractivity contribution in [2.24, 2.45) is 0 Å². The van der Waals surface area contributed by atoms with Crippen LogP contribution in [-0.2, 0) is 6.42 Å². The molecule has 0 heterocycles. The second-order valence-electron chi connectivity index (χ2n) is 6.62. The summed E-state index contributed by atoms with van der Waals surface area (Å²) in [7, 11) is 3.11. The number of aryl methyl sites for hydroxylation is 1. The van der Waals surface area contributed by atoms with Gasteiger partial charge in [-0.15, -0.1) is 0 Å². The maximum Gasteiger partial charge on any atom is 0.255 e. The molecule has 0 unspecified atom stereocenters. The minimum absolute atomic E-state index is 0.200. The van der Waals surface area contributed by atoms with Crippen LogP contribution in [0.1, 0.15) is 22.3 Å². The Bertz CT molecular complexity index is 925. The highest BCUT2D eigenvalue weighted by atomic mass is 16.5. The van der Waals surface area contributed by atoms with Crippen molar-refractivity contribution in [3.63, 3.8) is 0 Å². The smallest absolute Gasteiger partial charge is 0.255 e. The molecule has 29 heavy (non-hydrogen) atoms. The number of nitrogens with one attached hydrogen (secondary N) is 2. The van der Waals surface area contributed by atoms with Crippen LogP contribution in [0.4, 0.5) is 11.4 Å². The van der Waals surface area contributed by atoms with Crippen molar-refractivity contribution in [1.82, 2.24) is 0 Å². The van der Waals surface area contributed by atoms with E-state index in [2.05, 4.69) is 34.9 Å². The van der Waals surface area contributed by atoms with Crippen LogP contribution >= 0.6 is 0 Å². The van der Waals surface area contributed by atoms with Crippen molar-refractivity contribution < 1.29 is 14.3 Å². The predicted molar refractivity (Wildman–Crippen MR) is 117 cm³/mol. The standard InChI is InChI=1S/C24H26N2O3/c1-28-22-15-10-19(17-23(22)29-2)24(27)26-21-13-11-20(12-14-21)25-16-6-9-18-7-4-3-5-8-18/h3-5,7-8,10-15,17,25H,6,9,16H2,1-2H3,(H,26,27). The monoisotopic (exact) mass is 390 g/mol. The van der Waals surface area contributed by atoms with Crippen molar-refractivity contribution in [2.75, 3.05) is 31.4 Å². The topological polar surface area (TPSA) is 59.6 Å². The van der Waals surface area contributed by atoms with Gasteiger partial charge in [-0.1, -0.05) is 30.3 Å². The molecular weight excluding hydrogens is 364 g/mol. The fourth-order valence-electron chi connectivity index (χ4n) is 3.02. The Morgan fingerprint density at radius 2 is 1.52 bits per heavy atom. The maximum atomic E-state index is 12.5. The van der Waals surface area contributed by atoms with E-state index < -0.39 is 0 Å². The maximum absolute atomic E-state index is 12.5. The summed E-state index contributed by atoms with van der Waals surface area (Å²) in [5.41, 5.74) is 3.62. The molecule has 0 radical (unpaired) electrons. The molecule has 0 aliphatic rings. The summed E-state index contributed by atoms with van der Waals surface area (Å²) in [6.45, 7) is 0.895. The van der Waals surface area contributed by atoms with E-state index in [9.17, 15) is 4.79 Å². The van der Waals surface area contributed by atoms with Crippen molar-refractivity contribution in [1.29, 1.82) is 0 Å². The van der Waals surface area contributed by atoms with Crippen LogP contribution in [-0.4, -0.2) is 26.7 Å². The summed E-state index contributed by atoms with van der Waals surface area (Å²) in [5, 5.41) is 6.31. The van der Waals surface area contributed by atoms with E-state index in [1.54, 1.807) is 32.4 Å². The van der Waals surface area contributed by atoms with E-state index in [0.29, 0.717) is 17.1 Å². The largest absolute Gasteiger partial charge is 0.493 e. The summed E-state index contributed by atoms with van der Waals surface area (Å²) in [5.74, 6) is 0.913. The molecule has 0 fully saturated rings. The summed E-state index contributed by atoms with van der Waals surface area (Å²) in [6, 6.07) is 23.3. The lowest BCUT2D eigenvalue weighted by Gasteiger charge is -2.11. The third-order valence-corrected chi connectivity index (χ3v) is 4.60. The van der Waals surface area contributed by atoms with Gasteiger partial charge >= 0.3 is 0 Å². The first-order chi connectivity index (χ1) is 14.2. The van der Waals surface area contributed by atoms with Crippen molar-refractivity contribution in [3.05, 3.63) is 83.9 Å². The highest BCUT2D eigenvalue weighted by molar-refractivity contribution is 6.04. The van der Waals surface area contributed by atoms with Gasteiger partial charge in [0, 0.05) is 23.5 Å². The molecular formula is C24H26N2O3. The molecule has 5 nitrogen and oxygen atoms in total. The van der Waals surface area contributed by atoms with E-state index in [-0.39, 0.29) is 5.91 Å². The summed E-state index contributed by atoms with van der Waals surface area (Å²) >= 11 is 0. The first-order valence-corrected chi connectivity index (χ1v) is 9.61. The first kappa shape index (κ1) is 20.3. The van der Waals surface area contributed by atoms with E-state index in [1.807, 2.05) is 30.3 Å². The number of methoxy groups -OCH3 is 2. The van der Waals surface area contributed by atoms with E-state index in [4.69, 9.17) is 9.47 Å². The lowest BCUT2D eigenvalue weighted by molar-refractivity contribution is 0.102.